The highest BCUT2D eigenvalue weighted by Gasteiger charge is 1.99. The fourth-order valence-electron chi connectivity index (χ4n) is 1.25. The lowest BCUT2D eigenvalue weighted by molar-refractivity contribution is 0.415. The van der Waals surface area contributed by atoms with Crippen LogP contribution >= 0.6 is 11.6 Å². The summed E-state index contributed by atoms with van der Waals surface area (Å²) in [6, 6.07) is 7.63. The zero-order valence-corrected chi connectivity index (χ0v) is 8.90. The summed E-state index contributed by atoms with van der Waals surface area (Å²) in [4.78, 5) is 3.92. The molecule has 1 aromatic carbocycles. The predicted octanol–water partition coefficient (Wildman–Crippen LogP) is 3.28. The molecule has 76 valence electrons. The Kier molecular flexibility index (Phi) is 2.83. The minimum atomic E-state index is 0.562. The molecule has 0 unspecified atom stereocenters. The fourth-order valence-corrected chi connectivity index (χ4v) is 1.44. The van der Waals surface area contributed by atoms with Gasteiger partial charge in [-0.3, -0.25) is 0 Å². The van der Waals surface area contributed by atoms with E-state index in [1.807, 2.05) is 37.3 Å². The zero-order valence-electron chi connectivity index (χ0n) is 8.14. The van der Waals surface area contributed by atoms with Crippen molar-refractivity contribution in [1.29, 1.82) is 0 Å². The summed E-state index contributed by atoms with van der Waals surface area (Å²) in [5.41, 5.74) is 2.09. The topological polar surface area (TPSA) is 38.9 Å². The van der Waals surface area contributed by atoms with Crippen LogP contribution in [-0.2, 0) is 0 Å². The van der Waals surface area contributed by atoms with Gasteiger partial charge >= 0.3 is 0 Å². The third kappa shape index (κ3) is 2.44. The average Bonchev–Trinajstić information content (AvgIpc) is 2.70. The monoisotopic (exact) mass is 220 g/mol. The van der Waals surface area contributed by atoms with Crippen LogP contribution in [-0.4, -0.2) is 10.1 Å². The first-order valence-electron chi connectivity index (χ1n) is 4.46. The van der Waals surface area contributed by atoms with Gasteiger partial charge in [-0.1, -0.05) is 28.9 Å². The van der Waals surface area contributed by atoms with Crippen LogP contribution in [0.1, 0.15) is 18.3 Å². The number of nitrogens with zero attached hydrogens (tertiary/aromatic N) is 2. The molecule has 2 aromatic rings. The van der Waals surface area contributed by atoms with Gasteiger partial charge in [-0.05, 0) is 36.3 Å². The van der Waals surface area contributed by atoms with E-state index in [1.54, 1.807) is 0 Å². The van der Waals surface area contributed by atoms with E-state index >= 15 is 0 Å². The number of hydrogen-bond acceptors (Lipinski definition) is 3. The summed E-state index contributed by atoms with van der Waals surface area (Å²) in [7, 11) is 0. The molecule has 0 bridgehead atoms. The van der Waals surface area contributed by atoms with E-state index in [-0.39, 0.29) is 0 Å². The third-order valence-electron chi connectivity index (χ3n) is 2.00. The van der Waals surface area contributed by atoms with Crippen LogP contribution in [0.25, 0.3) is 11.6 Å². The molecule has 2 rings (SSSR count). The summed E-state index contributed by atoms with van der Waals surface area (Å²) in [5, 5.41) is 4.42. The van der Waals surface area contributed by atoms with Gasteiger partial charge in [0.15, 0.2) is 5.82 Å². The summed E-state index contributed by atoms with van der Waals surface area (Å²) in [6.45, 7) is 1.97. The third-order valence-corrected chi connectivity index (χ3v) is 2.24. The van der Waals surface area contributed by atoms with Crippen molar-refractivity contribution in [2.45, 2.75) is 6.92 Å². The molecule has 15 heavy (non-hydrogen) atoms. The second kappa shape index (κ2) is 4.28. The van der Waals surface area contributed by atoms with Gasteiger partial charge in [-0.25, -0.2) is 0 Å². The Balaban J connectivity index is 2.32. The van der Waals surface area contributed by atoms with Gasteiger partial charge in [0, 0.05) is 5.02 Å². The molecule has 0 spiro atoms. The van der Waals surface area contributed by atoms with Gasteiger partial charge in [0.25, 0.3) is 0 Å². The van der Waals surface area contributed by atoms with Crippen molar-refractivity contribution in [3.8, 4) is 0 Å². The quantitative estimate of drug-likeness (QED) is 0.780. The van der Waals surface area contributed by atoms with Gasteiger partial charge in [0.05, 0.1) is 0 Å². The molecule has 0 amide bonds. The van der Waals surface area contributed by atoms with E-state index in [4.69, 9.17) is 11.6 Å². The standard InChI is InChI=1S/C11H9ClN2O/c1-8(5-11-13-7-15-14-11)9-3-2-4-10(12)6-9/h2-7H,1H3. The first kappa shape index (κ1) is 9.93. The summed E-state index contributed by atoms with van der Waals surface area (Å²) in [5.74, 6) is 0.562. The van der Waals surface area contributed by atoms with Gasteiger partial charge in [0.2, 0.25) is 6.39 Å². The van der Waals surface area contributed by atoms with E-state index in [9.17, 15) is 0 Å². The second-order valence-electron chi connectivity index (χ2n) is 3.13. The SMILES string of the molecule is CC(=Cc1ncon1)c1cccc(Cl)c1. The van der Waals surface area contributed by atoms with Crippen LogP contribution < -0.4 is 0 Å². The number of allylic oxidation sites excluding steroid dienone is 1. The van der Waals surface area contributed by atoms with Crippen LogP contribution in [0.15, 0.2) is 35.2 Å². The zero-order chi connectivity index (χ0) is 10.7. The first-order valence-corrected chi connectivity index (χ1v) is 4.84. The Morgan fingerprint density at radius 2 is 2.33 bits per heavy atom. The highest BCUT2D eigenvalue weighted by molar-refractivity contribution is 6.30. The van der Waals surface area contributed by atoms with Crippen molar-refractivity contribution in [1.82, 2.24) is 10.1 Å². The molecule has 0 aliphatic heterocycles. The molecule has 0 saturated heterocycles. The Hall–Kier alpha value is -1.61. The van der Waals surface area contributed by atoms with E-state index in [0.29, 0.717) is 10.8 Å². The molecule has 0 saturated carbocycles. The normalized spacial score (nSPS) is 11.7. The Morgan fingerprint density at radius 3 is 3.00 bits per heavy atom. The van der Waals surface area contributed by atoms with Crippen LogP contribution in [0.3, 0.4) is 0 Å². The molecule has 0 radical (unpaired) electrons. The van der Waals surface area contributed by atoms with Crippen LogP contribution in [0.4, 0.5) is 0 Å². The van der Waals surface area contributed by atoms with Crippen molar-refractivity contribution >= 4 is 23.3 Å². The van der Waals surface area contributed by atoms with Crippen LogP contribution in [0, 0.1) is 0 Å². The Bertz CT molecular complexity index is 477. The molecule has 0 fully saturated rings. The Morgan fingerprint density at radius 1 is 1.47 bits per heavy atom. The lowest BCUT2D eigenvalue weighted by atomic mass is 10.1. The highest BCUT2D eigenvalue weighted by atomic mass is 35.5. The predicted molar refractivity (Wildman–Crippen MR) is 59.3 cm³/mol. The largest absolute Gasteiger partial charge is 0.342 e. The van der Waals surface area contributed by atoms with E-state index in [1.165, 1.54) is 6.39 Å². The van der Waals surface area contributed by atoms with Gasteiger partial charge in [-0.15, -0.1) is 0 Å². The maximum Gasteiger partial charge on any atom is 0.214 e. The minimum Gasteiger partial charge on any atom is -0.342 e. The molecule has 3 nitrogen and oxygen atoms in total. The summed E-state index contributed by atoms with van der Waals surface area (Å²) in [6.07, 6.45) is 3.15. The van der Waals surface area contributed by atoms with Crippen molar-refractivity contribution in [3.63, 3.8) is 0 Å². The number of rotatable bonds is 2. The molecule has 0 aliphatic carbocycles. The summed E-state index contributed by atoms with van der Waals surface area (Å²) < 4.78 is 4.64. The average molecular weight is 221 g/mol. The molecule has 0 aliphatic rings. The van der Waals surface area contributed by atoms with E-state index < -0.39 is 0 Å². The second-order valence-corrected chi connectivity index (χ2v) is 3.56. The van der Waals surface area contributed by atoms with Crippen molar-refractivity contribution in [3.05, 3.63) is 47.1 Å². The fraction of sp³-hybridized carbons (Fsp3) is 0.0909. The summed E-state index contributed by atoms with van der Waals surface area (Å²) >= 11 is 5.89. The smallest absolute Gasteiger partial charge is 0.214 e. The maximum atomic E-state index is 5.89. The molecule has 0 N–H and O–H groups in total. The maximum absolute atomic E-state index is 5.89. The van der Waals surface area contributed by atoms with Crippen LogP contribution in [0.2, 0.25) is 5.02 Å². The van der Waals surface area contributed by atoms with Gasteiger partial charge in [0.1, 0.15) is 0 Å². The number of hydrogen-bond donors (Lipinski definition) is 0. The molecule has 1 heterocycles. The van der Waals surface area contributed by atoms with Crippen LogP contribution in [0.5, 0.6) is 0 Å². The lowest BCUT2D eigenvalue weighted by Gasteiger charge is -2.00. The Labute approximate surface area is 92.4 Å². The van der Waals surface area contributed by atoms with E-state index in [2.05, 4.69) is 14.7 Å². The lowest BCUT2D eigenvalue weighted by Crippen LogP contribution is -1.81. The highest BCUT2D eigenvalue weighted by Crippen LogP contribution is 2.19. The molecule has 0 atom stereocenters. The minimum absolute atomic E-state index is 0.562. The molecule has 4 heteroatoms. The van der Waals surface area contributed by atoms with Gasteiger partial charge < -0.3 is 4.52 Å². The van der Waals surface area contributed by atoms with Crippen molar-refractivity contribution in [2.24, 2.45) is 0 Å². The number of benzene rings is 1. The van der Waals surface area contributed by atoms with Crippen molar-refractivity contribution in [2.75, 3.05) is 0 Å². The van der Waals surface area contributed by atoms with E-state index in [0.717, 1.165) is 11.1 Å². The van der Waals surface area contributed by atoms with Gasteiger partial charge in [-0.2, -0.15) is 4.98 Å². The van der Waals surface area contributed by atoms with Crippen molar-refractivity contribution < 1.29 is 4.52 Å². The first-order chi connectivity index (χ1) is 7.25. The molecule has 1 aromatic heterocycles. The molecular weight excluding hydrogens is 212 g/mol. The number of halogens is 1. The number of aromatic nitrogens is 2. The molecular formula is C11H9ClN2O.